The van der Waals surface area contributed by atoms with Crippen LogP contribution in [0, 0.1) is 5.92 Å². The maximum atomic E-state index is 14.9. The minimum atomic E-state index is -1.66. The third-order valence-corrected chi connectivity index (χ3v) is 16.3. The molecule has 3 aliphatic rings. The van der Waals surface area contributed by atoms with Crippen molar-refractivity contribution in [1.82, 2.24) is 42.1 Å². The maximum Gasteiger partial charge on any atom is 0.246 e. The van der Waals surface area contributed by atoms with Gasteiger partial charge in [-0.25, -0.2) is 0 Å². The summed E-state index contributed by atoms with van der Waals surface area (Å²) in [7, 11) is 2.56. The van der Waals surface area contributed by atoms with E-state index in [0.717, 1.165) is 19.3 Å². The van der Waals surface area contributed by atoms with Crippen molar-refractivity contribution in [3.8, 4) is 0 Å². The molecule has 10 amide bonds. The minimum Gasteiger partial charge on any atom is -0.370 e. The molecule has 420 valence electrons. The Bertz CT molecular complexity index is 2280. The van der Waals surface area contributed by atoms with Crippen molar-refractivity contribution < 1.29 is 47.9 Å². The maximum absolute atomic E-state index is 14.9. The molecule has 1 saturated carbocycles. The Balaban J connectivity index is 1.74. The standard InChI is InChI=1S/C48H76N16O10S2/c1-27(2)38-44(73)61-32(23-35(49)65)41(70)62-33(45(74)64-21-11-16-34(64)43(72)59-29(14-9-19-55-46(51)52)39(68)57-25-36(50)66)26-75-76-48(17-7-4-8-18-48)24-37(67)58-30(15-10-20-56-47(53)54)40(69)60-31(42(71)63-38)22-28-12-5-3-6-13-28/h3,5-6,12-13,27,29-34,38H,4,7-11,14-26H2,1-2H3,(H2,49,65)(H2,50,66)(H,57,68)(H,58,67)(H,59,72)(H,60,69)(H,61,73)(H,62,70)(H,63,71)(H4,51,52,55)(H4,53,54,56)/t29-,30+,31-,32-,33-,34-,38-/m0/s1. The van der Waals surface area contributed by atoms with Crippen LogP contribution >= 0.6 is 21.6 Å². The number of hydrogen-bond acceptors (Lipinski definition) is 14. The first-order chi connectivity index (χ1) is 36.1. The average molecular weight is 1100 g/mol. The lowest BCUT2D eigenvalue weighted by Crippen LogP contribution is -2.61. The van der Waals surface area contributed by atoms with Gasteiger partial charge in [-0.05, 0) is 62.8 Å². The van der Waals surface area contributed by atoms with E-state index in [9.17, 15) is 47.9 Å². The summed E-state index contributed by atoms with van der Waals surface area (Å²) >= 11 is 0. The molecule has 0 radical (unpaired) electrons. The van der Waals surface area contributed by atoms with E-state index in [1.165, 1.54) is 26.5 Å². The van der Waals surface area contributed by atoms with Gasteiger partial charge in [0, 0.05) is 43.0 Å². The van der Waals surface area contributed by atoms with Gasteiger partial charge in [-0.15, -0.1) is 0 Å². The quantitative estimate of drug-likeness (QED) is 0.0282. The molecule has 7 atom stereocenters. The zero-order valence-corrected chi connectivity index (χ0v) is 44.8. The summed E-state index contributed by atoms with van der Waals surface area (Å²) in [5, 5.41) is 18.8. The summed E-state index contributed by atoms with van der Waals surface area (Å²) in [5.41, 5.74) is 33.6. The van der Waals surface area contributed by atoms with Crippen LogP contribution in [0.2, 0.25) is 0 Å². The van der Waals surface area contributed by atoms with E-state index in [2.05, 4.69) is 47.2 Å². The van der Waals surface area contributed by atoms with Crippen LogP contribution in [0.15, 0.2) is 40.3 Å². The molecule has 1 spiro atoms. The third-order valence-electron chi connectivity index (χ3n) is 13.0. The van der Waals surface area contributed by atoms with E-state index in [1.54, 1.807) is 44.2 Å². The van der Waals surface area contributed by atoms with Crippen LogP contribution in [0.1, 0.15) is 103 Å². The van der Waals surface area contributed by atoms with Gasteiger partial charge in [0.2, 0.25) is 59.1 Å². The largest absolute Gasteiger partial charge is 0.370 e. The molecule has 2 heterocycles. The van der Waals surface area contributed by atoms with Crippen molar-refractivity contribution in [3.63, 3.8) is 0 Å². The Labute approximate surface area is 449 Å². The second-order valence-electron chi connectivity index (χ2n) is 19.5. The van der Waals surface area contributed by atoms with Gasteiger partial charge in [-0.2, -0.15) is 0 Å². The molecule has 4 rings (SSSR count). The number of benzene rings is 1. The van der Waals surface area contributed by atoms with Crippen molar-refractivity contribution >= 4 is 92.6 Å². The predicted molar refractivity (Wildman–Crippen MR) is 288 cm³/mol. The van der Waals surface area contributed by atoms with Crippen molar-refractivity contribution in [3.05, 3.63) is 35.9 Å². The van der Waals surface area contributed by atoms with Gasteiger partial charge in [-0.3, -0.25) is 57.9 Å². The lowest BCUT2D eigenvalue weighted by atomic mass is 9.85. The molecule has 1 aromatic rings. The number of aliphatic imine (C=N–C) groups is 2. The van der Waals surface area contributed by atoms with Crippen LogP contribution in [0.4, 0.5) is 0 Å². The Morgan fingerprint density at radius 2 is 1.38 bits per heavy atom. The van der Waals surface area contributed by atoms with E-state index in [-0.39, 0.29) is 82.3 Å². The van der Waals surface area contributed by atoms with Crippen molar-refractivity contribution in [2.75, 3.05) is 31.9 Å². The van der Waals surface area contributed by atoms with E-state index in [0.29, 0.717) is 24.8 Å². The van der Waals surface area contributed by atoms with Crippen LogP contribution in [0.25, 0.3) is 0 Å². The van der Waals surface area contributed by atoms with E-state index < -0.39 is 125 Å². The summed E-state index contributed by atoms with van der Waals surface area (Å²) in [4.78, 5) is 147. The van der Waals surface area contributed by atoms with E-state index >= 15 is 0 Å². The van der Waals surface area contributed by atoms with Crippen molar-refractivity contribution in [2.45, 2.75) is 151 Å². The Hall–Kier alpha value is -6.84. The summed E-state index contributed by atoms with van der Waals surface area (Å²) < 4.78 is -0.712. The second-order valence-corrected chi connectivity index (χ2v) is 22.3. The summed E-state index contributed by atoms with van der Waals surface area (Å²) in [6.07, 6.45) is 4.00. The number of nitrogens with zero attached hydrogens (tertiary/aromatic N) is 3. The molecule has 28 heteroatoms. The van der Waals surface area contributed by atoms with Crippen LogP contribution in [0.5, 0.6) is 0 Å². The number of nitrogens with two attached hydrogens (primary N) is 6. The number of nitrogens with one attached hydrogen (secondary N) is 7. The topological polar surface area (TPSA) is 439 Å². The summed E-state index contributed by atoms with van der Waals surface area (Å²) in [6.45, 7) is 3.09. The molecule has 19 N–H and O–H groups in total. The molecule has 76 heavy (non-hydrogen) atoms. The molecule has 0 aromatic heterocycles. The summed E-state index contributed by atoms with van der Waals surface area (Å²) in [5.74, 6) is -8.76. The Morgan fingerprint density at radius 3 is 2.01 bits per heavy atom. The smallest absolute Gasteiger partial charge is 0.246 e. The number of amides is 10. The van der Waals surface area contributed by atoms with Gasteiger partial charge in [0.25, 0.3) is 0 Å². The number of primary amides is 2. The lowest BCUT2D eigenvalue weighted by Gasteiger charge is -2.37. The van der Waals surface area contributed by atoms with Crippen LogP contribution in [0.3, 0.4) is 0 Å². The number of carbonyl (C=O) groups is 10. The molecule has 2 saturated heterocycles. The first-order valence-electron chi connectivity index (χ1n) is 25.5. The molecule has 1 aromatic carbocycles. The van der Waals surface area contributed by atoms with Crippen LogP contribution in [-0.4, -0.2) is 155 Å². The zero-order valence-electron chi connectivity index (χ0n) is 43.1. The highest BCUT2D eigenvalue weighted by Gasteiger charge is 2.42. The molecule has 1 aliphatic carbocycles. The Morgan fingerprint density at radius 1 is 0.750 bits per heavy atom. The van der Waals surface area contributed by atoms with Gasteiger partial charge in [-0.1, -0.05) is 85.0 Å². The average Bonchev–Trinajstić information content (AvgIpc) is 3.86. The normalized spacial score (nSPS) is 23.3. The number of carbonyl (C=O) groups excluding carboxylic acids is 10. The van der Waals surface area contributed by atoms with Crippen molar-refractivity contribution in [1.29, 1.82) is 0 Å². The number of rotatable bonds is 19. The second kappa shape index (κ2) is 30.6. The highest BCUT2D eigenvalue weighted by Crippen LogP contribution is 2.48. The van der Waals surface area contributed by atoms with E-state index in [4.69, 9.17) is 34.4 Å². The van der Waals surface area contributed by atoms with Gasteiger partial charge >= 0.3 is 0 Å². The van der Waals surface area contributed by atoms with Crippen molar-refractivity contribution in [2.24, 2.45) is 50.3 Å². The fourth-order valence-corrected chi connectivity index (χ4v) is 12.5. The van der Waals surface area contributed by atoms with E-state index in [1.807, 2.05) is 0 Å². The molecular weight excluding hydrogens is 1020 g/mol. The fraction of sp³-hybridized carbons (Fsp3) is 0.625. The predicted octanol–water partition coefficient (Wildman–Crippen LogP) is -3.14. The zero-order chi connectivity index (χ0) is 56.0. The third kappa shape index (κ3) is 20.4. The molecule has 0 unspecified atom stereocenters. The summed E-state index contributed by atoms with van der Waals surface area (Å²) in [6, 6.07) is -0.356. The highest BCUT2D eigenvalue weighted by atomic mass is 33.1. The molecule has 0 bridgehead atoms. The minimum absolute atomic E-state index is 0.0221. The monoisotopic (exact) mass is 1100 g/mol. The molecule has 2 aliphatic heterocycles. The first kappa shape index (κ1) is 61.7. The number of likely N-dealkylation sites (tertiary alicyclic amines) is 1. The van der Waals surface area contributed by atoms with Gasteiger partial charge < -0.3 is 76.5 Å². The van der Waals surface area contributed by atoms with Gasteiger partial charge in [0.15, 0.2) is 11.9 Å². The lowest BCUT2D eigenvalue weighted by molar-refractivity contribution is -0.142. The van der Waals surface area contributed by atoms with Crippen LogP contribution < -0.4 is 71.6 Å². The first-order valence-corrected chi connectivity index (χ1v) is 27.8. The van der Waals surface area contributed by atoms with Crippen LogP contribution in [-0.2, 0) is 54.4 Å². The SMILES string of the molecule is CC(C)[C@@H]1NC(=O)[C@H](Cc2ccccc2)NC(=O)[C@@H](CCCN=C(N)N)NC(=O)CC2(CCCCC2)SSC[C@@H](C(=O)N2CCC[C@H]2C(=O)N[C@@H](CCCN=C(N)N)C(=O)NCC(N)=O)NC(=O)[C@H](CC(N)=O)NC1=O. The Kier molecular flexibility index (Phi) is 24.9. The molecule has 3 fully saturated rings. The van der Waals surface area contributed by atoms with Gasteiger partial charge in [0.1, 0.15) is 42.3 Å². The number of hydrogen-bond donors (Lipinski definition) is 13. The molecular formula is C48H76N16O10S2. The fourth-order valence-electron chi connectivity index (χ4n) is 9.10. The molecule has 26 nitrogen and oxygen atoms in total. The van der Waals surface area contributed by atoms with Gasteiger partial charge in [0.05, 0.1) is 13.0 Å². The number of guanidine groups is 2. The highest BCUT2D eigenvalue weighted by molar-refractivity contribution is 8.77.